The number of rotatable bonds is 2. The Hall–Kier alpha value is 0.110. The molecule has 0 heterocycles. The lowest BCUT2D eigenvalue weighted by molar-refractivity contribution is 0.333. The van der Waals surface area contributed by atoms with Crippen molar-refractivity contribution in [3.05, 3.63) is 0 Å². The van der Waals surface area contributed by atoms with Gasteiger partial charge in [0.2, 0.25) is 0 Å². The highest BCUT2D eigenvalue weighted by molar-refractivity contribution is 7.86. The van der Waals surface area contributed by atoms with E-state index in [1.165, 1.54) is 19.3 Å². The van der Waals surface area contributed by atoms with E-state index < -0.39 is 10.8 Å². The second-order valence-electron chi connectivity index (χ2n) is 6.18. The zero-order valence-electron chi connectivity index (χ0n) is 10.6. The third kappa shape index (κ3) is 2.35. The molecule has 0 aromatic rings. The molecule has 2 fully saturated rings. The van der Waals surface area contributed by atoms with Crippen LogP contribution in [0.15, 0.2) is 0 Å². The van der Waals surface area contributed by atoms with Crippen molar-refractivity contribution in [2.45, 2.75) is 75.3 Å². The number of hydrogen-bond acceptors (Lipinski definition) is 2. The van der Waals surface area contributed by atoms with Gasteiger partial charge in [-0.1, -0.05) is 33.1 Å². The van der Waals surface area contributed by atoms with Crippen LogP contribution in [0.4, 0.5) is 0 Å². The molecule has 2 N–H and O–H groups in total. The van der Waals surface area contributed by atoms with Crippen molar-refractivity contribution >= 4 is 10.8 Å². The zero-order valence-corrected chi connectivity index (χ0v) is 11.4. The van der Waals surface area contributed by atoms with E-state index in [1.807, 2.05) is 0 Å². The Morgan fingerprint density at radius 1 is 1.12 bits per heavy atom. The summed E-state index contributed by atoms with van der Waals surface area (Å²) in [6.07, 6.45) is 8.39. The molecule has 2 nitrogen and oxygen atoms in total. The van der Waals surface area contributed by atoms with Crippen LogP contribution in [0.1, 0.15) is 58.8 Å². The Balaban J connectivity index is 2.00. The summed E-state index contributed by atoms with van der Waals surface area (Å²) in [5.41, 5.74) is 6.46. The molecule has 3 atom stereocenters. The highest BCUT2D eigenvalue weighted by Gasteiger charge is 2.43. The van der Waals surface area contributed by atoms with Crippen LogP contribution in [-0.4, -0.2) is 20.8 Å². The van der Waals surface area contributed by atoms with E-state index in [0.29, 0.717) is 5.25 Å². The topological polar surface area (TPSA) is 43.1 Å². The summed E-state index contributed by atoms with van der Waals surface area (Å²) >= 11 is 0. The first-order valence-electron chi connectivity index (χ1n) is 6.67. The smallest absolute Gasteiger partial charge is 0.0507 e. The maximum Gasteiger partial charge on any atom is 0.0507 e. The maximum atomic E-state index is 12.5. The van der Waals surface area contributed by atoms with Gasteiger partial charge in [-0.25, -0.2) is 0 Å². The molecular weight excluding hydrogens is 218 g/mol. The lowest BCUT2D eigenvalue weighted by atomic mass is 9.88. The van der Waals surface area contributed by atoms with Gasteiger partial charge in [0.05, 0.1) is 5.25 Å². The monoisotopic (exact) mass is 243 g/mol. The van der Waals surface area contributed by atoms with Crippen molar-refractivity contribution in [2.24, 2.45) is 11.1 Å². The van der Waals surface area contributed by atoms with E-state index >= 15 is 0 Å². The van der Waals surface area contributed by atoms with Crippen molar-refractivity contribution in [2.75, 3.05) is 0 Å². The summed E-state index contributed by atoms with van der Waals surface area (Å²) < 4.78 is 12.5. The quantitative estimate of drug-likeness (QED) is 0.810. The van der Waals surface area contributed by atoms with Gasteiger partial charge in [-0.05, 0) is 31.1 Å². The molecule has 3 unspecified atom stereocenters. The van der Waals surface area contributed by atoms with Gasteiger partial charge >= 0.3 is 0 Å². The van der Waals surface area contributed by atoms with E-state index in [0.717, 1.165) is 25.7 Å². The average Bonchev–Trinajstić information content (AvgIpc) is 2.55. The van der Waals surface area contributed by atoms with Crippen LogP contribution in [0.5, 0.6) is 0 Å². The van der Waals surface area contributed by atoms with Gasteiger partial charge in [-0.2, -0.15) is 0 Å². The molecule has 0 radical (unpaired) electrons. The lowest BCUT2D eigenvalue weighted by Crippen LogP contribution is -2.44. The molecule has 2 aliphatic carbocycles. The van der Waals surface area contributed by atoms with Crippen LogP contribution >= 0.6 is 0 Å². The molecule has 0 aliphatic heterocycles. The normalized spacial score (nSPS) is 37.4. The van der Waals surface area contributed by atoms with Crippen LogP contribution in [0.25, 0.3) is 0 Å². The van der Waals surface area contributed by atoms with Gasteiger partial charge in [0.25, 0.3) is 0 Å². The third-order valence-electron chi connectivity index (χ3n) is 4.56. The van der Waals surface area contributed by atoms with Crippen LogP contribution in [0.2, 0.25) is 0 Å². The van der Waals surface area contributed by atoms with Crippen LogP contribution in [0, 0.1) is 5.41 Å². The summed E-state index contributed by atoms with van der Waals surface area (Å²) in [7, 11) is -0.683. The van der Waals surface area contributed by atoms with Crippen LogP contribution in [-0.2, 0) is 10.8 Å². The highest BCUT2D eigenvalue weighted by atomic mass is 32.2. The lowest BCUT2D eigenvalue weighted by Gasteiger charge is -2.30. The van der Waals surface area contributed by atoms with Gasteiger partial charge in [-0.15, -0.1) is 0 Å². The standard InChI is InChI=1S/C13H25NOS/c1-13(2)9-8-11(12(13)14)16(15)10-6-4-3-5-7-10/h10-12H,3-9,14H2,1-2H3. The van der Waals surface area contributed by atoms with E-state index in [4.69, 9.17) is 5.73 Å². The van der Waals surface area contributed by atoms with Gasteiger partial charge in [0.15, 0.2) is 0 Å². The molecular formula is C13H25NOS. The van der Waals surface area contributed by atoms with E-state index in [-0.39, 0.29) is 16.7 Å². The van der Waals surface area contributed by atoms with E-state index in [1.54, 1.807) is 0 Å². The highest BCUT2D eigenvalue weighted by Crippen LogP contribution is 2.40. The van der Waals surface area contributed by atoms with Crippen molar-refractivity contribution in [3.8, 4) is 0 Å². The Bertz CT molecular complexity index is 271. The predicted molar refractivity (Wildman–Crippen MR) is 69.8 cm³/mol. The molecule has 0 aromatic heterocycles. The Labute approximate surface area is 102 Å². The van der Waals surface area contributed by atoms with E-state index in [2.05, 4.69) is 13.8 Å². The Kier molecular flexibility index (Phi) is 3.75. The largest absolute Gasteiger partial charge is 0.326 e. The minimum absolute atomic E-state index is 0.134. The minimum Gasteiger partial charge on any atom is -0.326 e. The molecule has 3 heteroatoms. The summed E-state index contributed by atoms with van der Waals surface area (Å²) in [5.74, 6) is 0. The molecule has 94 valence electrons. The molecule has 2 aliphatic rings. The second-order valence-corrected chi connectivity index (χ2v) is 8.11. The predicted octanol–water partition coefficient (Wildman–Crippen LogP) is 2.58. The minimum atomic E-state index is -0.683. The number of hydrogen-bond donors (Lipinski definition) is 1. The maximum absolute atomic E-state index is 12.5. The summed E-state index contributed by atoms with van der Waals surface area (Å²) in [5, 5.41) is 0.705. The Morgan fingerprint density at radius 3 is 2.25 bits per heavy atom. The fraction of sp³-hybridized carbons (Fsp3) is 1.00. The first-order valence-corrected chi connectivity index (χ1v) is 7.95. The van der Waals surface area contributed by atoms with Crippen molar-refractivity contribution in [1.82, 2.24) is 0 Å². The molecule has 2 rings (SSSR count). The summed E-state index contributed by atoms with van der Waals surface area (Å²) in [6.45, 7) is 4.44. The summed E-state index contributed by atoms with van der Waals surface area (Å²) in [4.78, 5) is 0. The van der Waals surface area contributed by atoms with Crippen LogP contribution < -0.4 is 5.73 Å². The zero-order chi connectivity index (χ0) is 11.8. The van der Waals surface area contributed by atoms with E-state index in [9.17, 15) is 4.21 Å². The van der Waals surface area contributed by atoms with Gasteiger partial charge in [0.1, 0.15) is 0 Å². The van der Waals surface area contributed by atoms with Crippen molar-refractivity contribution in [3.63, 3.8) is 0 Å². The molecule has 0 spiro atoms. The van der Waals surface area contributed by atoms with Crippen molar-refractivity contribution in [1.29, 1.82) is 0 Å². The second kappa shape index (κ2) is 4.77. The first kappa shape index (κ1) is 12.6. The molecule has 0 amide bonds. The van der Waals surface area contributed by atoms with Crippen LogP contribution in [0.3, 0.4) is 0 Å². The molecule has 0 bridgehead atoms. The molecule has 2 saturated carbocycles. The Morgan fingerprint density at radius 2 is 1.75 bits per heavy atom. The molecule has 0 aromatic carbocycles. The molecule has 0 saturated heterocycles. The van der Waals surface area contributed by atoms with Gasteiger partial charge < -0.3 is 5.73 Å². The number of nitrogens with two attached hydrogens (primary N) is 1. The molecule has 16 heavy (non-hydrogen) atoms. The fourth-order valence-electron chi connectivity index (χ4n) is 3.17. The van der Waals surface area contributed by atoms with Gasteiger partial charge in [-0.3, -0.25) is 4.21 Å². The van der Waals surface area contributed by atoms with Crippen molar-refractivity contribution < 1.29 is 4.21 Å². The SMILES string of the molecule is CC1(C)CCC(S(=O)C2CCCCC2)C1N. The fourth-order valence-corrected chi connectivity index (χ4v) is 5.47. The van der Waals surface area contributed by atoms with Gasteiger partial charge in [0, 0.05) is 22.1 Å². The third-order valence-corrected chi connectivity index (χ3v) is 6.81. The average molecular weight is 243 g/mol. The summed E-state index contributed by atoms with van der Waals surface area (Å²) in [6, 6.07) is 0.134. The first-order chi connectivity index (χ1) is 7.52.